The largest absolute Gasteiger partial charge is 0.332 e. The zero-order valence-corrected chi connectivity index (χ0v) is 16.5. The van der Waals surface area contributed by atoms with Gasteiger partial charge in [0.1, 0.15) is 11.9 Å². The molecule has 1 unspecified atom stereocenters. The third kappa shape index (κ3) is 5.02. The maximum absolute atomic E-state index is 13.9. The Morgan fingerprint density at radius 2 is 1.58 bits per heavy atom. The third-order valence-electron chi connectivity index (χ3n) is 4.22. The predicted molar refractivity (Wildman–Crippen MR) is 106 cm³/mol. The summed E-state index contributed by atoms with van der Waals surface area (Å²) in [5.41, 5.74) is 0.161. The molecule has 0 aliphatic rings. The molecular weight excluding hydrogens is 431 g/mol. The van der Waals surface area contributed by atoms with Crippen LogP contribution in [0.1, 0.15) is 22.0 Å². The maximum Gasteiger partial charge on any atom is 0.261 e. The minimum Gasteiger partial charge on any atom is -0.332 e. The van der Waals surface area contributed by atoms with Gasteiger partial charge in [0.25, 0.3) is 15.9 Å². The highest BCUT2D eigenvalue weighted by Gasteiger charge is 2.19. The number of benzene rings is 3. The zero-order valence-electron chi connectivity index (χ0n) is 15.6. The van der Waals surface area contributed by atoms with Crippen LogP contribution in [0.15, 0.2) is 71.6 Å². The van der Waals surface area contributed by atoms with Gasteiger partial charge in [-0.1, -0.05) is 18.2 Å². The van der Waals surface area contributed by atoms with Gasteiger partial charge >= 0.3 is 0 Å². The van der Waals surface area contributed by atoms with Crippen LogP contribution in [-0.2, 0) is 10.0 Å². The van der Waals surface area contributed by atoms with Gasteiger partial charge in [-0.3, -0.25) is 9.52 Å². The number of hydrogen-bond acceptors (Lipinski definition) is 4. The number of amides is 1. The highest BCUT2D eigenvalue weighted by atomic mass is 32.2. The number of halogens is 3. The van der Waals surface area contributed by atoms with Crippen molar-refractivity contribution in [2.75, 3.05) is 4.72 Å². The van der Waals surface area contributed by atoms with Crippen molar-refractivity contribution < 1.29 is 26.4 Å². The first kappa shape index (κ1) is 21.9. The highest BCUT2D eigenvalue weighted by molar-refractivity contribution is 7.92. The Morgan fingerprint density at radius 1 is 0.903 bits per heavy atom. The van der Waals surface area contributed by atoms with Crippen LogP contribution in [0.5, 0.6) is 0 Å². The van der Waals surface area contributed by atoms with Gasteiger partial charge in [-0.2, -0.15) is 5.26 Å². The first-order valence-corrected chi connectivity index (χ1v) is 10.2. The zero-order chi connectivity index (χ0) is 22.6. The lowest BCUT2D eigenvalue weighted by atomic mass is 10.1. The lowest BCUT2D eigenvalue weighted by Gasteiger charge is -2.13. The van der Waals surface area contributed by atoms with Crippen LogP contribution < -0.4 is 10.0 Å². The van der Waals surface area contributed by atoms with Gasteiger partial charge in [-0.15, -0.1) is 0 Å². The van der Waals surface area contributed by atoms with Crippen molar-refractivity contribution in [2.45, 2.75) is 10.9 Å². The Hall–Kier alpha value is -3.84. The molecule has 3 aromatic rings. The van der Waals surface area contributed by atoms with Crippen molar-refractivity contribution in [1.29, 1.82) is 5.26 Å². The van der Waals surface area contributed by atoms with Gasteiger partial charge in [-0.05, 0) is 48.5 Å². The predicted octanol–water partition coefficient (Wildman–Crippen LogP) is 3.90. The molecule has 0 spiro atoms. The summed E-state index contributed by atoms with van der Waals surface area (Å²) in [4.78, 5) is 11.9. The summed E-state index contributed by atoms with van der Waals surface area (Å²) in [7, 11) is -4.19. The van der Waals surface area contributed by atoms with Crippen LogP contribution in [0.3, 0.4) is 0 Å². The summed E-state index contributed by atoms with van der Waals surface area (Å²) in [6.45, 7) is 0. The van der Waals surface area contributed by atoms with Gasteiger partial charge in [0.2, 0.25) is 0 Å². The third-order valence-corrected chi connectivity index (χ3v) is 5.60. The van der Waals surface area contributed by atoms with Gasteiger partial charge in [0, 0.05) is 16.8 Å². The molecule has 0 radical (unpaired) electrons. The van der Waals surface area contributed by atoms with E-state index in [-0.39, 0.29) is 16.8 Å². The lowest BCUT2D eigenvalue weighted by Crippen LogP contribution is -2.28. The first-order valence-electron chi connectivity index (χ1n) is 8.74. The molecule has 0 aliphatic carbocycles. The number of nitriles is 1. The molecule has 6 nitrogen and oxygen atoms in total. The Balaban J connectivity index is 1.73. The van der Waals surface area contributed by atoms with Crippen molar-refractivity contribution >= 4 is 21.6 Å². The summed E-state index contributed by atoms with van der Waals surface area (Å²) in [6, 6.07) is 13.4. The second-order valence-corrected chi connectivity index (χ2v) is 8.00. The van der Waals surface area contributed by atoms with E-state index in [1.54, 1.807) is 0 Å². The van der Waals surface area contributed by atoms with Crippen molar-refractivity contribution in [1.82, 2.24) is 5.32 Å². The molecule has 3 rings (SSSR count). The van der Waals surface area contributed by atoms with Crippen molar-refractivity contribution in [2.24, 2.45) is 0 Å². The van der Waals surface area contributed by atoms with Gasteiger partial charge in [0.05, 0.1) is 11.0 Å². The molecule has 2 N–H and O–H groups in total. The topological polar surface area (TPSA) is 99.1 Å². The molecule has 0 fully saturated rings. The Kier molecular flexibility index (Phi) is 6.27. The van der Waals surface area contributed by atoms with Crippen LogP contribution in [0.4, 0.5) is 18.9 Å². The van der Waals surface area contributed by atoms with Crippen molar-refractivity contribution in [3.63, 3.8) is 0 Å². The van der Waals surface area contributed by atoms with E-state index in [0.29, 0.717) is 12.1 Å². The number of anilines is 1. The molecule has 0 aliphatic heterocycles. The monoisotopic (exact) mass is 445 g/mol. The molecule has 158 valence electrons. The summed E-state index contributed by atoms with van der Waals surface area (Å²) < 4.78 is 67.0. The number of nitrogens with one attached hydrogen (secondary N) is 2. The van der Waals surface area contributed by atoms with E-state index in [2.05, 4.69) is 10.0 Å². The number of sulfonamides is 1. The standard InChI is InChI=1S/C21H14F3N3O3S/c22-17-4-2-1-3-16(17)20(12-25)26-21(28)13-5-7-14(8-6-13)27-31(29,30)15-9-10-18(23)19(24)11-15/h1-11,20,27H,(H,26,28). The Labute approximate surface area is 176 Å². The van der Waals surface area contributed by atoms with E-state index in [1.165, 1.54) is 48.5 Å². The molecule has 10 heteroatoms. The highest BCUT2D eigenvalue weighted by Crippen LogP contribution is 2.20. The molecule has 31 heavy (non-hydrogen) atoms. The van der Waals surface area contributed by atoms with E-state index >= 15 is 0 Å². The minimum absolute atomic E-state index is 0.00857. The molecule has 0 bridgehead atoms. The van der Waals surface area contributed by atoms with Gasteiger partial charge in [-0.25, -0.2) is 21.6 Å². The number of rotatable bonds is 6. The average molecular weight is 445 g/mol. The molecule has 1 amide bonds. The van der Waals surface area contributed by atoms with Gasteiger partial charge in [0.15, 0.2) is 11.6 Å². The SMILES string of the molecule is N#CC(NC(=O)c1ccc(NS(=O)(=O)c2ccc(F)c(F)c2)cc1)c1ccccc1F. The lowest BCUT2D eigenvalue weighted by molar-refractivity contribution is 0.0944. The van der Waals surface area contributed by atoms with Crippen molar-refractivity contribution in [3.05, 3.63) is 95.3 Å². The normalized spacial score (nSPS) is 11.9. The second kappa shape index (κ2) is 8.89. The fraction of sp³-hybridized carbons (Fsp3) is 0.0476. The van der Waals surface area contributed by atoms with Crippen molar-refractivity contribution in [3.8, 4) is 6.07 Å². The van der Waals surface area contributed by atoms with Gasteiger partial charge < -0.3 is 5.32 Å². The summed E-state index contributed by atoms with van der Waals surface area (Å²) in [6.07, 6.45) is 0. The van der Waals surface area contributed by atoms with Crippen LogP contribution >= 0.6 is 0 Å². The minimum atomic E-state index is -4.19. The summed E-state index contributed by atoms with van der Waals surface area (Å²) >= 11 is 0. The molecule has 0 saturated heterocycles. The van der Waals surface area contributed by atoms with E-state index in [9.17, 15) is 31.6 Å². The van der Waals surface area contributed by atoms with Crippen LogP contribution in [0, 0.1) is 28.8 Å². The maximum atomic E-state index is 13.9. The number of hydrogen-bond donors (Lipinski definition) is 2. The fourth-order valence-electron chi connectivity index (χ4n) is 2.65. The van der Waals surface area contributed by atoms with E-state index in [1.807, 2.05) is 6.07 Å². The molecule has 1 atom stereocenters. The smallest absolute Gasteiger partial charge is 0.261 e. The number of carbonyl (C=O) groups is 1. The van der Waals surface area contributed by atoms with E-state index < -0.39 is 44.3 Å². The average Bonchev–Trinajstić information content (AvgIpc) is 2.74. The molecule has 0 saturated carbocycles. The van der Waals surface area contributed by atoms with Crippen LogP contribution in [-0.4, -0.2) is 14.3 Å². The van der Waals surface area contributed by atoms with Crippen LogP contribution in [0.25, 0.3) is 0 Å². The summed E-state index contributed by atoms with van der Waals surface area (Å²) in [5.74, 6) is -3.81. The quantitative estimate of drug-likeness (QED) is 0.601. The van der Waals surface area contributed by atoms with Crippen LogP contribution in [0.2, 0.25) is 0 Å². The fourth-order valence-corrected chi connectivity index (χ4v) is 3.72. The van der Waals surface area contributed by atoms with E-state index in [4.69, 9.17) is 0 Å². The Morgan fingerprint density at radius 3 is 2.19 bits per heavy atom. The Bertz CT molecular complexity index is 1270. The first-order chi connectivity index (χ1) is 14.7. The second-order valence-electron chi connectivity index (χ2n) is 6.32. The summed E-state index contributed by atoms with van der Waals surface area (Å²) in [5, 5.41) is 11.6. The number of carbonyl (C=O) groups excluding carboxylic acids is 1. The molecule has 3 aromatic carbocycles. The van der Waals surface area contributed by atoms with E-state index in [0.717, 1.165) is 6.07 Å². The molecule has 0 heterocycles. The molecular formula is C21H14F3N3O3S. The molecule has 0 aromatic heterocycles. The number of nitrogens with zero attached hydrogens (tertiary/aromatic N) is 1.